The molecule has 3 heterocycles. The van der Waals surface area contributed by atoms with Gasteiger partial charge >= 0.3 is 0 Å². The molecule has 3 N–H and O–H groups in total. The molecule has 1 aromatic carbocycles. The first-order valence-corrected chi connectivity index (χ1v) is 11.0. The fourth-order valence-electron chi connectivity index (χ4n) is 4.77. The Kier molecular flexibility index (Phi) is 4.86. The maximum atomic E-state index is 12.7. The molecule has 1 saturated carbocycles. The number of pyridine rings is 1. The van der Waals surface area contributed by atoms with Crippen molar-refractivity contribution in [2.75, 3.05) is 6.61 Å². The normalized spacial score (nSPS) is 29.3. The molecular formula is C21H20BrClN4O3. The van der Waals surface area contributed by atoms with Crippen molar-refractivity contribution in [3.63, 3.8) is 0 Å². The van der Waals surface area contributed by atoms with Gasteiger partial charge in [-0.05, 0) is 49.6 Å². The third kappa shape index (κ3) is 3.32. The largest absolute Gasteiger partial charge is 0.490 e. The molecule has 2 aromatic rings. The summed E-state index contributed by atoms with van der Waals surface area (Å²) < 4.78 is 12.9. The van der Waals surface area contributed by atoms with Crippen molar-refractivity contribution in [3.05, 3.63) is 57.3 Å². The van der Waals surface area contributed by atoms with Crippen LogP contribution in [0.2, 0.25) is 5.02 Å². The molecule has 9 heteroatoms. The molecule has 0 bridgehead atoms. The van der Waals surface area contributed by atoms with E-state index in [1.807, 2.05) is 18.2 Å². The summed E-state index contributed by atoms with van der Waals surface area (Å²) in [5.41, 5.74) is 6.64. The van der Waals surface area contributed by atoms with E-state index in [0.717, 1.165) is 28.6 Å². The number of carbonyl (C=O) groups is 1. The monoisotopic (exact) mass is 490 g/mol. The van der Waals surface area contributed by atoms with E-state index in [0.29, 0.717) is 23.7 Å². The number of nitrogens with zero attached hydrogens (tertiary/aromatic N) is 2. The standard InChI is InChI=1S/C21H20BrClN4O3/c22-11-1-5-17-14(7-11)21(10-29-20(24)27-21)15-8-13(3-6-18(15)30-17)26-19(28)16-4-2-12(23)9-25-16/h1-2,4-5,7,9,13,15,18H,3,6,8,10H2,(H2,24,27)(H,26,28)/t13-,15+,18+,21-/m1/s1. The van der Waals surface area contributed by atoms with Crippen LogP contribution in [0.5, 0.6) is 5.75 Å². The fourth-order valence-corrected chi connectivity index (χ4v) is 5.24. The second kappa shape index (κ2) is 7.42. The number of hydrogen-bond acceptors (Lipinski definition) is 6. The second-order valence-electron chi connectivity index (χ2n) is 7.91. The van der Waals surface area contributed by atoms with Gasteiger partial charge in [0, 0.05) is 28.2 Å². The molecule has 5 rings (SSSR count). The van der Waals surface area contributed by atoms with Crippen molar-refractivity contribution < 1.29 is 14.3 Å². The number of hydrogen-bond donors (Lipinski definition) is 2. The van der Waals surface area contributed by atoms with Gasteiger partial charge in [0.15, 0.2) is 0 Å². The number of fused-ring (bicyclic) bond motifs is 4. The SMILES string of the molecule is NC1=N[C@]2(CO1)c1cc(Br)ccc1O[C@H]1CC[C@@H](NC(=O)c3ccc(Cl)cn3)C[C@@H]12. The van der Waals surface area contributed by atoms with Crippen LogP contribution in [0, 0.1) is 5.92 Å². The van der Waals surface area contributed by atoms with Gasteiger partial charge in [-0.1, -0.05) is 27.5 Å². The van der Waals surface area contributed by atoms with E-state index in [9.17, 15) is 4.79 Å². The summed E-state index contributed by atoms with van der Waals surface area (Å²) in [7, 11) is 0. The topological polar surface area (TPSA) is 98.8 Å². The highest BCUT2D eigenvalue weighted by Gasteiger charge is 2.55. The highest BCUT2D eigenvalue weighted by molar-refractivity contribution is 9.10. The average Bonchev–Trinajstić information content (AvgIpc) is 3.12. The van der Waals surface area contributed by atoms with Crippen LogP contribution in [0.1, 0.15) is 35.3 Å². The summed E-state index contributed by atoms with van der Waals surface area (Å²) in [5, 5.41) is 3.61. The Morgan fingerprint density at radius 1 is 1.30 bits per heavy atom. The summed E-state index contributed by atoms with van der Waals surface area (Å²) in [6.07, 6.45) is 3.77. The summed E-state index contributed by atoms with van der Waals surface area (Å²) in [4.78, 5) is 21.5. The number of carbonyl (C=O) groups excluding carboxylic acids is 1. The van der Waals surface area contributed by atoms with Crippen LogP contribution in [-0.4, -0.2) is 35.7 Å². The zero-order valence-corrected chi connectivity index (χ0v) is 18.3. The minimum Gasteiger partial charge on any atom is -0.490 e. The van der Waals surface area contributed by atoms with Crippen LogP contribution in [0.15, 0.2) is 46.0 Å². The lowest BCUT2D eigenvalue weighted by Gasteiger charge is -2.48. The Hall–Kier alpha value is -2.32. The minimum atomic E-state index is -0.617. The Balaban J connectivity index is 1.43. The van der Waals surface area contributed by atoms with Gasteiger partial charge < -0.3 is 20.5 Å². The van der Waals surface area contributed by atoms with E-state index >= 15 is 0 Å². The van der Waals surface area contributed by atoms with E-state index in [4.69, 9.17) is 31.8 Å². The van der Waals surface area contributed by atoms with Crippen LogP contribution in [0.3, 0.4) is 0 Å². The molecule has 1 spiro atoms. The molecule has 7 nitrogen and oxygen atoms in total. The Morgan fingerprint density at radius 3 is 2.90 bits per heavy atom. The summed E-state index contributed by atoms with van der Waals surface area (Å²) in [6.45, 7) is 0.367. The third-order valence-corrected chi connectivity index (χ3v) is 6.85. The maximum Gasteiger partial charge on any atom is 0.283 e. The quantitative estimate of drug-likeness (QED) is 0.671. The predicted molar refractivity (Wildman–Crippen MR) is 116 cm³/mol. The van der Waals surface area contributed by atoms with Gasteiger partial charge in [-0.3, -0.25) is 4.79 Å². The zero-order valence-electron chi connectivity index (χ0n) is 16.0. The molecule has 1 fully saturated rings. The van der Waals surface area contributed by atoms with Gasteiger partial charge in [0.25, 0.3) is 11.9 Å². The lowest BCUT2D eigenvalue weighted by Crippen LogP contribution is -2.54. The lowest BCUT2D eigenvalue weighted by molar-refractivity contribution is -0.00194. The van der Waals surface area contributed by atoms with E-state index < -0.39 is 5.54 Å². The van der Waals surface area contributed by atoms with E-state index in [-0.39, 0.29) is 30.0 Å². The molecule has 0 radical (unpaired) electrons. The van der Waals surface area contributed by atoms with Crippen molar-refractivity contribution in [2.45, 2.75) is 36.9 Å². The average molecular weight is 492 g/mol. The summed E-state index contributed by atoms with van der Waals surface area (Å²) >= 11 is 9.42. The molecule has 1 aromatic heterocycles. The highest BCUT2D eigenvalue weighted by Crippen LogP contribution is 2.52. The zero-order chi connectivity index (χ0) is 20.9. The Bertz CT molecular complexity index is 1030. The molecule has 4 atom stereocenters. The number of nitrogens with one attached hydrogen (secondary N) is 1. The third-order valence-electron chi connectivity index (χ3n) is 6.13. The molecule has 156 valence electrons. The van der Waals surface area contributed by atoms with Crippen LogP contribution < -0.4 is 15.8 Å². The van der Waals surface area contributed by atoms with Crippen LogP contribution in [0.25, 0.3) is 0 Å². The number of aromatic nitrogens is 1. The number of amidine groups is 1. The highest BCUT2D eigenvalue weighted by atomic mass is 79.9. The van der Waals surface area contributed by atoms with Gasteiger partial charge in [-0.25, -0.2) is 9.98 Å². The molecule has 2 aliphatic heterocycles. The van der Waals surface area contributed by atoms with Crippen molar-refractivity contribution >= 4 is 39.5 Å². The minimum absolute atomic E-state index is 0.0151. The molecule has 3 aliphatic rings. The number of aliphatic imine (C=N–C) groups is 1. The first kappa shape index (κ1) is 19.6. The number of benzene rings is 1. The first-order chi connectivity index (χ1) is 14.4. The van der Waals surface area contributed by atoms with Gasteiger partial charge in [0.2, 0.25) is 0 Å². The predicted octanol–water partition coefficient (Wildman–Crippen LogP) is 3.40. The number of nitrogens with two attached hydrogens (primary N) is 1. The van der Waals surface area contributed by atoms with Gasteiger partial charge in [0.1, 0.15) is 29.7 Å². The number of amides is 1. The van der Waals surface area contributed by atoms with Crippen molar-refractivity contribution in [1.29, 1.82) is 0 Å². The van der Waals surface area contributed by atoms with E-state index in [1.165, 1.54) is 6.20 Å². The molecule has 30 heavy (non-hydrogen) atoms. The molecule has 0 saturated heterocycles. The summed E-state index contributed by atoms with van der Waals surface area (Å²) in [6, 6.07) is 9.39. The number of ether oxygens (including phenoxy) is 2. The lowest BCUT2D eigenvalue weighted by atomic mass is 9.67. The van der Waals surface area contributed by atoms with Crippen molar-refractivity contribution in [2.24, 2.45) is 16.6 Å². The summed E-state index contributed by atoms with van der Waals surface area (Å²) in [5.74, 6) is 0.627. The van der Waals surface area contributed by atoms with Crippen molar-refractivity contribution in [1.82, 2.24) is 10.3 Å². The van der Waals surface area contributed by atoms with Crippen LogP contribution >= 0.6 is 27.5 Å². The van der Waals surface area contributed by atoms with Gasteiger partial charge in [-0.2, -0.15) is 0 Å². The van der Waals surface area contributed by atoms with E-state index in [1.54, 1.807) is 12.1 Å². The first-order valence-electron chi connectivity index (χ1n) is 9.82. The van der Waals surface area contributed by atoms with Crippen LogP contribution in [0.4, 0.5) is 0 Å². The second-order valence-corrected chi connectivity index (χ2v) is 9.26. The van der Waals surface area contributed by atoms with Crippen molar-refractivity contribution in [3.8, 4) is 5.75 Å². The molecule has 0 unspecified atom stereocenters. The van der Waals surface area contributed by atoms with Gasteiger partial charge in [0.05, 0.1) is 5.02 Å². The molecule has 1 aliphatic carbocycles. The number of rotatable bonds is 2. The Morgan fingerprint density at radius 2 is 2.17 bits per heavy atom. The van der Waals surface area contributed by atoms with Gasteiger partial charge in [-0.15, -0.1) is 0 Å². The molecular weight excluding hydrogens is 472 g/mol. The smallest absolute Gasteiger partial charge is 0.283 e. The maximum absolute atomic E-state index is 12.7. The fraction of sp³-hybridized carbons (Fsp3) is 0.381. The van der Waals surface area contributed by atoms with E-state index in [2.05, 4.69) is 26.2 Å². The Labute approximate surface area is 187 Å². The van der Waals surface area contributed by atoms with Crippen LogP contribution in [-0.2, 0) is 10.3 Å². The molecule has 1 amide bonds. The number of halogens is 2.